The van der Waals surface area contributed by atoms with Crippen molar-refractivity contribution in [3.05, 3.63) is 40.4 Å². The van der Waals surface area contributed by atoms with Crippen LogP contribution in [0.2, 0.25) is 0 Å². The van der Waals surface area contributed by atoms with Gasteiger partial charge in [0.05, 0.1) is 20.3 Å². The molecule has 1 aromatic carbocycles. The Kier molecular flexibility index (Phi) is 5.43. The van der Waals surface area contributed by atoms with Gasteiger partial charge in [0.25, 0.3) is 0 Å². The molecule has 3 heteroatoms. The summed E-state index contributed by atoms with van der Waals surface area (Å²) in [5, 5.41) is 0. The fourth-order valence-corrected chi connectivity index (χ4v) is 1.20. The first-order chi connectivity index (χ1) is 7.22. The van der Waals surface area contributed by atoms with Crippen molar-refractivity contribution in [1.82, 2.24) is 0 Å². The van der Waals surface area contributed by atoms with Crippen LogP contribution in [0.4, 0.5) is 0 Å². The van der Waals surface area contributed by atoms with Crippen molar-refractivity contribution in [1.29, 1.82) is 0 Å². The second-order valence-electron chi connectivity index (χ2n) is 3.15. The predicted octanol–water partition coefficient (Wildman–Crippen LogP) is 3.51. The van der Waals surface area contributed by atoms with Gasteiger partial charge in [0.15, 0.2) is 0 Å². The van der Waals surface area contributed by atoms with Gasteiger partial charge in [0, 0.05) is 0 Å². The highest BCUT2D eigenvalue weighted by molar-refractivity contribution is 9.11. The summed E-state index contributed by atoms with van der Waals surface area (Å²) < 4.78 is 11.6. The van der Waals surface area contributed by atoms with Crippen molar-refractivity contribution in [3.63, 3.8) is 0 Å². The summed E-state index contributed by atoms with van der Waals surface area (Å²) in [6, 6.07) is 7.88. The Labute approximate surface area is 99.0 Å². The molecule has 0 aliphatic rings. The maximum Gasteiger partial charge on any atom is 0.118 e. The van der Waals surface area contributed by atoms with Gasteiger partial charge in [-0.25, -0.2) is 0 Å². The monoisotopic (exact) mass is 270 g/mol. The van der Waals surface area contributed by atoms with E-state index in [0.29, 0.717) is 13.2 Å². The molecular weight excluding hydrogens is 256 g/mol. The van der Waals surface area contributed by atoms with Crippen LogP contribution in [0.5, 0.6) is 5.75 Å². The number of allylic oxidation sites excluding steroid dienone is 1. The highest BCUT2D eigenvalue weighted by Gasteiger charge is 1.93. The molecule has 0 unspecified atom stereocenters. The number of hydrogen-bond acceptors (Lipinski definition) is 2. The van der Waals surface area contributed by atoms with Crippen molar-refractivity contribution in [2.24, 2.45) is 0 Å². The van der Waals surface area contributed by atoms with Gasteiger partial charge >= 0.3 is 0 Å². The fraction of sp³-hybridized carbons (Fsp3) is 0.333. The Hall–Kier alpha value is -0.800. The standard InChI is InChI=1S/C12H15BrO2/c1-10(13)7-8-15-9-11-3-5-12(14-2)6-4-11/h3-7H,8-9H2,1-2H3/b10-7+. The lowest BCUT2D eigenvalue weighted by atomic mass is 10.2. The van der Waals surface area contributed by atoms with Crippen molar-refractivity contribution >= 4 is 15.9 Å². The molecule has 0 spiro atoms. The molecule has 0 aliphatic carbocycles. The van der Waals surface area contributed by atoms with Crippen molar-refractivity contribution in [3.8, 4) is 5.75 Å². The minimum absolute atomic E-state index is 0.626. The van der Waals surface area contributed by atoms with E-state index in [-0.39, 0.29) is 0 Å². The van der Waals surface area contributed by atoms with E-state index in [1.807, 2.05) is 37.3 Å². The Balaban J connectivity index is 2.35. The number of halogens is 1. The zero-order chi connectivity index (χ0) is 11.1. The molecular formula is C12H15BrO2. The summed E-state index contributed by atoms with van der Waals surface area (Å²) in [4.78, 5) is 0. The Bertz CT molecular complexity index is 313. The first-order valence-corrected chi connectivity index (χ1v) is 5.54. The van der Waals surface area contributed by atoms with Crippen LogP contribution in [0, 0.1) is 0 Å². The van der Waals surface area contributed by atoms with Crippen LogP contribution in [-0.2, 0) is 11.3 Å². The fourth-order valence-electron chi connectivity index (χ4n) is 1.07. The minimum atomic E-state index is 0.626. The summed E-state index contributed by atoms with van der Waals surface area (Å²) in [6.07, 6.45) is 1.99. The zero-order valence-corrected chi connectivity index (χ0v) is 10.6. The van der Waals surface area contributed by atoms with E-state index in [0.717, 1.165) is 15.8 Å². The Morgan fingerprint density at radius 1 is 1.33 bits per heavy atom. The van der Waals surface area contributed by atoms with Gasteiger partial charge in [-0.15, -0.1) is 0 Å². The Morgan fingerprint density at radius 3 is 2.53 bits per heavy atom. The van der Waals surface area contributed by atoms with E-state index < -0.39 is 0 Å². The minimum Gasteiger partial charge on any atom is -0.497 e. The molecule has 0 radical (unpaired) electrons. The quantitative estimate of drug-likeness (QED) is 0.763. The van der Waals surface area contributed by atoms with Gasteiger partial charge in [0.2, 0.25) is 0 Å². The highest BCUT2D eigenvalue weighted by Crippen LogP contribution is 2.12. The lowest BCUT2D eigenvalue weighted by Crippen LogP contribution is -1.93. The average Bonchev–Trinajstić information content (AvgIpc) is 2.25. The highest BCUT2D eigenvalue weighted by atomic mass is 79.9. The van der Waals surface area contributed by atoms with E-state index in [1.54, 1.807) is 7.11 Å². The summed E-state index contributed by atoms with van der Waals surface area (Å²) in [7, 11) is 1.66. The molecule has 0 aliphatic heterocycles. The van der Waals surface area contributed by atoms with Crippen LogP contribution in [0.25, 0.3) is 0 Å². The Morgan fingerprint density at radius 2 is 2.00 bits per heavy atom. The predicted molar refractivity (Wildman–Crippen MR) is 65.3 cm³/mol. The molecule has 0 fully saturated rings. The van der Waals surface area contributed by atoms with E-state index in [4.69, 9.17) is 9.47 Å². The molecule has 0 amide bonds. The van der Waals surface area contributed by atoms with Gasteiger partial charge in [0.1, 0.15) is 5.75 Å². The summed E-state index contributed by atoms with van der Waals surface area (Å²) >= 11 is 3.34. The molecule has 1 rings (SSSR count). The molecule has 0 N–H and O–H groups in total. The normalized spacial score (nSPS) is 11.5. The third-order valence-corrected chi connectivity index (χ3v) is 2.23. The zero-order valence-electron chi connectivity index (χ0n) is 9.00. The number of methoxy groups -OCH3 is 1. The second-order valence-corrected chi connectivity index (χ2v) is 4.40. The summed E-state index contributed by atoms with van der Waals surface area (Å²) in [6.45, 7) is 3.24. The number of rotatable bonds is 5. The molecule has 0 heterocycles. The van der Waals surface area contributed by atoms with E-state index in [2.05, 4.69) is 15.9 Å². The SMILES string of the molecule is COc1ccc(COC/C=C(\C)Br)cc1. The van der Waals surface area contributed by atoms with Crippen LogP contribution < -0.4 is 4.74 Å². The smallest absolute Gasteiger partial charge is 0.118 e. The van der Waals surface area contributed by atoms with Crippen molar-refractivity contribution < 1.29 is 9.47 Å². The molecule has 82 valence electrons. The van der Waals surface area contributed by atoms with Gasteiger partial charge in [-0.3, -0.25) is 0 Å². The molecule has 1 aromatic rings. The van der Waals surface area contributed by atoms with Crippen LogP contribution in [-0.4, -0.2) is 13.7 Å². The largest absolute Gasteiger partial charge is 0.497 e. The van der Waals surface area contributed by atoms with Gasteiger partial charge < -0.3 is 9.47 Å². The van der Waals surface area contributed by atoms with E-state index in [9.17, 15) is 0 Å². The molecule has 0 aromatic heterocycles. The van der Waals surface area contributed by atoms with Crippen molar-refractivity contribution in [2.75, 3.05) is 13.7 Å². The number of hydrogen-bond donors (Lipinski definition) is 0. The topological polar surface area (TPSA) is 18.5 Å². The molecule has 0 saturated carbocycles. The summed E-state index contributed by atoms with van der Waals surface area (Å²) in [5.74, 6) is 0.870. The van der Waals surface area contributed by atoms with E-state index in [1.165, 1.54) is 0 Å². The molecule has 15 heavy (non-hydrogen) atoms. The van der Waals surface area contributed by atoms with Crippen LogP contribution in [0.15, 0.2) is 34.8 Å². The summed E-state index contributed by atoms with van der Waals surface area (Å²) in [5.41, 5.74) is 1.15. The van der Waals surface area contributed by atoms with Gasteiger partial charge in [-0.1, -0.05) is 28.1 Å². The third-order valence-electron chi connectivity index (χ3n) is 1.91. The number of ether oxygens (including phenoxy) is 2. The van der Waals surface area contributed by atoms with Crippen molar-refractivity contribution in [2.45, 2.75) is 13.5 Å². The molecule has 0 saturated heterocycles. The maximum absolute atomic E-state index is 5.46. The molecule has 2 nitrogen and oxygen atoms in total. The third kappa shape index (κ3) is 5.00. The lowest BCUT2D eigenvalue weighted by molar-refractivity contribution is 0.148. The van der Waals surface area contributed by atoms with Crippen LogP contribution in [0.3, 0.4) is 0 Å². The van der Waals surface area contributed by atoms with Gasteiger partial charge in [-0.05, 0) is 35.2 Å². The molecule has 0 bridgehead atoms. The maximum atomic E-state index is 5.46. The van der Waals surface area contributed by atoms with Crippen LogP contribution >= 0.6 is 15.9 Å². The van der Waals surface area contributed by atoms with Gasteiger partial charge in [-0.2, -0.15) is 0 Å². The number of benzene rings is 1. The van der Waals surface area contributed by atoms with Crippen LogP contribution in [0.1, 0.15) is 12.5 Å². The average molecular weight is 271 g/mol. The van der Waals surface area contributed by atoms with E-state index >= 15 is 0 Å². The first kappa shape index (κ1) is 12.3. The molecule has 0 atom stereocenters. The second kappa shape index (κ2) is 6.64. The lowest BCUT2D eigenvalue weighted by Gasteiger charge is -2.03. The first-order valence-electron chi connectivity index (χ1n) is 4.75.